The van der Waals surface area contributed by atoms with Gasteiger partial charge in [-0.25, -0.2) is 8.78 Å². The third kappa shape index (κ3) is 3.74. The first-order valence-corrected chi connectivity index (χ1v) is 8.57. The van der Waals surface area contributed by atoms with Crippen molar-refractivity contribution in [1.82, 2.24) is 4.90 Å². The van der Waals surface area contributed by atoms with Gasteiger partial charge in [0.2, 0.25) is 11.8 Å². The summed E-state index contributed by atoms with van der Waals surface area (Å²) in [6, 6.07) is 12.1. The number of rotatable bonds is 4. The van der Waals surface area contributed by atoms with E-state index in [4.69, 9.17) is 0 Å². The molecule has 26 heavy (non-hydrogen) atoms. The smallest absolute Gasteiger partial charge is 0.249 e. The van der Waals surface area contributed by atoms with Gasteiger partial charge in [0.1, 0.15) is 17.7 Å². The zero-order valence-corrected chi connectivity index (χ0v) is 14.5. The first-order chi connectivity index (χ1) is 12.5. The Bertz CT molecular complexity index is 811. The van der Waals surface area contributed by atoms with E-state index in [1.807, 2.05) is 30.3 Å². The van der Waals surface area contributed by atoms with Gasteiger partial charge in [-0.1, -0.05) is 30.3 Å². The Morgan fingerprint density at radius 3 is 2.54 bits per heavy atom. The molecule has 136 valence electrons. The van der Waals surface area contributed by atoms with Crippen molar-refractivity contribution in [3.8, 4) is 0 Å². The van der Waals surface area contributed by atoms with Crippen LogP contribution >= 0.6 is 0 Å². The number of carbonyl (C=O) groups excluding carboxylic acids is 2. The number of halogens is 2. The van der Waals surface area contributed by atoms with Crippen LogP contribution in [-0.4, -0.2) is 35.8 Å². The summed E-state index contributed by atoms with van der Waals surface area (Å²) in [4.78, 5) is 27.9. The molecule has 1 aliphatic rings. The van der Waals surface area contributed by atoms with Gasteiger partial charge in [0.25, 0.3) is 0 Å². The summed E-state index contributed by atoms with van der Waals surface area (Å²) in [5, 5.41) is 0. The summed E-state index contributed by atoms with van der Waals surface area (Å²) in [5.41, 5.74) is 1.10. The molecule has 0 saturated carbocycles. The predicted octanol–water partition coefficient (Wildman–Crippen LogP) is 3.16. The lowest BCUT2D eigenvalue weighted by atomic mass is 10.1. The lowest BCUT2D eigenvalue weighted by Crippen LogP contribution is -2.58. The number of hydrogen-bond donors (Lipinski definition) is 0. The van der Waals surface area contributed by atoms with Crippen LogP contribution in [0.5, 0.6) is 0 Å². The molecule has 0 radical (unpaired) electrons. The first-order valence-electron chi connectivity index (χ1n) is 8.57. The standard InChI is InChI=1S/C20H20F2N2O2/c1-14-20(26)24(18-9-8-16(21)13-17(18)22)12-11-23(14)19(25)10-7-15-5-3-2-4-6-15/h2-6,8-9,13-14H,7,10-12H2,1H3. The van der Waals surface area contributed by atoms with Gasteiger partial charge in [-0.2, -0.15) is 0 Å². The Balaban J connectivity index is 1.66. The zero-order valence-electron chi connectivity index (χ0n) is 14.5. The highest BCUT2D eigenvalue weighted by atomic mass is 19.1. The van der Waals surface area contributed by atoms with E-state index in [1.165, 1.54) is 15.9 Å². The minimum Gasteiger partial charge on any atom is -0.329 e. The molecule has 0 spiro atoms. The summed E-state index contributed by atoms with van der Waals surface area (Å²) in [5.74, 6) is -1.94. The van der Waals surface area contributed by atoms with Gasteiger partial charge in [-0.05, 0) is 31.0 Å². The summed E-state index contributed by atoms with van der Waals surface area (Å²) >= 11 is 0. The van der Waals surface area contributed by atoms with E-state index < -0.39 is 17.7 Å². The van der Waals surface area contributed by atoms with Gasteiger partial charge >= 0.3 is 0 Å². The Morgan fingerprint density at radius 1 is 1.12 bits per heavy atom. The highest BCUT2D eigenvalue weighted by molar-refractivity contribution is 6.00. The molecule has 0 bridgehead atoms. The molecule has 2 amide bonds. The van der Waals surface area contributed by atoms with Crippen molar-refractivity contribution in [3.05, 3.63) is 65.7 Å². The van der Waals surface area contributed by atoms with E-state index in [2.05, 4.69) is 0 Å². The van der Waals surface area contributed by atoms with Crippen LogP contribution in [-0.2, 0) is 16.0 Å². The quantitative estimate of drug-likeness (QED) is 0.842. The van der Waals surface area contributed by atoms with Crippen molar-refractivity contribution in [2.45, 2.75) is 25.8 Å². The second kappa shape index (κ2) is 7.64. The molecule has 1 heterocycles. The lowest BCUT2D eigenvalue weighted by Gasteiger charge is -2.39. The predicted molar refractivity (Wildman–Crippen MR) is 94.6 cm³/mol. The topological polar surface area (TPSA) is 40.6 Å². The third-order valence-electron chi connectivity index (χ3n) is 4.65. The largest absolute Gasteiger partial charge is 0.329 e. The second-order valence-corrected chi connectivity index (χ2v) is 6.33. The maximum absolute atomic E-state index is 14.0. The number of piperazine rings is 1. The van der Waals surface area contributed by atoms with E-state index in [-0.39, 0.29) is 24.0 Å². The molecule has 4 nitrogen and oxygen atoms in total. The summed E-state index contributed by atoms with van der Waals surface area (Å²) in [7, 11) is 0. The number of amides is 2. The van der Waals surface area contributed by atoms with E-state index >= 15 is 0 Å². The highest BCUT2D eigenvalue weighted by Gasteiger charge is 2.35. The van der Waals surface area contributed by atoms with Gasteiger partial charge in [0.05, 0.1) is 5.69 Å². The normalized spacial score (nSPS) is 17.5. The number of aryl methyl sites for hydroxylation is 1. The molecule has 1 aliphatic heterocycles. The molecule has 2 aromatic carbocycles. The Morgan fingerprint density at radius 2 is 1.85 bits per heavy atom. The minimum atomic E-state index is -0.783. The molecule has 1 fully saturated rings. The molecular formula is C20H20F2N2O2. The van der Waals surface area contributed by atoms with Crippen LogP contribution < -0.4 is 4.90 Å². The molecule has 3 rings (SSSR count). The molecule has 1 atom stereocenters. The highest BCUT2D eigenvalue weighted by Crippen LogP contribution is 2.24. The lowest BCUT2D eigenvalue weighted by molar-refractivity contribution is -0.140. The summed E-state index contributed by atoms with van der Waals surface area (Å²) < 4.78 is 27.1. The average Bonchev–Trinajstić information content (AvgIpc) is 2.63. The average molecular weight is 358 g/mol. The van der Waals surface area contributed by atoms with Crippen LogP contribution in [0.15, 0.2) is 48.5 Å². The molecule has 1 unspecified atom stereocenters. The molecule has 1 saturated heterocycles. The number of hydrogen-bond acceptors (Lipinski definition) is 2. The molecule has 0 aliphatic carbocycles. The van der Waals surface area contributed by atoms with Crippen LogP contribution in [0.1, 0.15) is 18.9 Å². The van der Waals surface area contributed by atoms with E-state index in [0.717, 1.165) is 17.7 Å². The van der Waals surface area contributed by atoms with Crippen LogP contribution in [0.2, 0.25) is 0 Å². The van der Waals surface area contributed by atoms with Gasteiger partial charge in [-0.15, -0.1) is 0 Å². The van der Waals surface area contributed by atoms with E-state index in [9.17, 15) is 18.4 Å². The van der Waals surface area contributed by atoms with Gasteiger partial charge in [0, 0.05) is 25.6 Å². The van der Waals surface area contributed by atoms with Gasteiger partial charge < -0.3 is 9.80 Å². The van der Waals surface area contributed by atoms with Crippen molar-refractivity contribution in [2.24, 2.45) is 0 Å². The van der Waals surface area contributed by atoms with Gasteiger partial charge in [-0.3, -0.25) is 9.59 Å². The zero-order chi connectivity index (χ0) is 18.7. The monoisotopic (exact) mass is 358 g/mol. The van der Waals surface area contributed by atoms with Crippen LogP contribution in [0.4, 0.5) is 14.5 Å². The van der Waals surface area contributed by atoms with Crippen LogP contribution in [0.25, 0.3) is 0 Å². The fourth-order valence-corrected chi connectivity index (χ4v) is 3.19. The number of carbonyl (C=O) groups is 2. The number of benzene rings is 2. The summed E-state index contributed by atoms with van der Waals surface area (Å²) in [6.45, 7) is 2.14. The van der Waals surface area contributed by atoms with Crippen LogP contribution in [0.3, 0.4) is 0 Å². The fraction of sp³-hybridized carbons (Fsp3) is 0.300. The molecular weight excluding hydrogens is 338 g/mol. The third-order valence-corrected chi connectivity index (χ3v) is 4.65. The minimum absolute atomic E-state index is 0.0413. The molecule has 0 N–H and O–H groups in total. The second-order valence-electron chi connectivity index (χ2n) is 6.33. The van der Waals surface area contributed by atoms with E-state index in [0.29, 0.717) is 19.4 Å². The Kier molecular flexibility index (Phi) is 5.30. The van der Waals surface area contributed by atoms with Crippen LogP contribution in [0, 0.1) is 11.6 Å². The Labute approximate surface area is 151 Å². The van der Waals surface area contributed by atoms with Gasteiger partial charge in [0.15, 0.2) is 0 Å². The SMILES string of the molecule is CC1C(=O)N(c2ccc(F)cc2F)CCN1C(=O)CCc1ccccc1. The first kappa shape index (κ1) is 18.0. The maximum atomic E-state index is 14.0. The maximum Gasteiger partial charge on any atom is 0.249 e. The van der Waals surface area contributed by atoms with E-state index in [1.54, 1.807) is 6.92 Å². The Hall–Kier alpha value is -2.76. The van der Waals surface area contributed by atoms with Crippen molar-refractivity contribution in [3.63, 3.8) is 0 Å². The molecule has 2 aromatic rings. The fourth-order valence-electron chi connectivity index (χ4n) is 3.19. The van der Waals surface area contributed by atoms with Crippen molar-refractivity contribution < 1.29 is 18.4 Å². The summed E-state index contributed by atoms with van der Waals surface area (Å²) in [6.07, 6.45) is 0.917. The van der Waals surface area contributed by atoms with Crippen molar-refractivity contribution >= 4 is 17.5 Å². The van der Waals surface area contributed by atoms with Crippen molar-refractivity contribution in [1.29, 1.82) is 0 Å². The van der Waals surface area contributed by atoms with Crippen molar-refractivity contribution in [2.75, 3.05) is 18.0 Å². The number of nitrogens with zero attached hydrogens (tertiary/aromatic N) is 2. The molecule has 6 heteroatoms. The number of anilines is 1. The molecule has 0 aromatic heterocycles.